The topological polar surface area (TPSA) is 53.1 Å². The van der Waals surface area contributed by atoms with Crippen molar-refractivity contribution in [1.29, 1.82) is 0 Å². The number of benzene rings is 1. The second kappa shape index (κ2) is 7.75. The number of nitrogens with zero attached hydrogens (tertiary/aromatic N) is 3. The van der Waals surface area contributed by atoms with Crippen LogP contribution in [0.25, 0.3) is 0 Å². The molecule has 118 valence electrons. The molecule has 0 unspecified atom stereocenters. The third-order valence-electron chi connectivity index (χ3n) is 3.38. The molecule has 2 aromatic rings. The lowest BCUT2D eigenvalue weighted by Gasteiger charge is -2.15. The van der Waals surface area contributed by atoms with Gasteiger partial charge in [-0.3, -0.25) is 0 Å². The molecule has 0 radical (unpaired) electrons. The quantitative estimate of drug-likeness (QED) is 0.821. The molecule has 1 heterocycles. The average molecular weight is 299 g/mol. The highest BCUT2D eigenvalue weighted by atomic mass is 15.1. The minimum atomic E-state index is 0.461. The summed E-state index contributed by atoms with van der Waals surface area (Å²) in [6.07, 6.45) is 1.58. The molecule has 2 N–H and O–H groups in total. The predicted molar refractivity (Wildman–Crippen MR) is 92.9 cm³/mol. The first-order valence-corrected chi connectivity index (χ1v) is 7.63. The van der Waals surface area contributed by atoms with Crippen molar-refractivity contribution in [2.75, 3.05) is 37.8 Å². The molecule has 0 aliphatic heterocycles. The van der Waals surface area contributed by atoms with Gasteiger partial charge < -0.3 is 15.5 Å². The fraction of sp³-hybridized carbons (Fsp3) is 0.412. The highest BCUT2D eigenvalue weighted by molar-refractivity contribution is 5.63. The van der Waals surface area contributed by atoms with Crippen LogP contribution in [0.2, 0.25) is 0 Å². The summed E-state index contributed by atoms with van der Waals surface area (Å²) < 4.78 is 0. The molecule has 22 heavy (non-hydrogen) atoms. The summed E-state index contributed by atoms with van der Waals surface area (Å²) in [5.41, 5.74) is 2.37. The van der Waals surface area contributed by atoms with E-state index in [1.807, 2.05) is 12.1 Å². The Bertz CT molecular complexity index is 595. The zero-order valence-electron chi connectivity index (χ0n) is 13.8. The smallest absolute Gasteiger partial charge is 0.135 e. The largest absolute Gasteiger partial charge is 0.369 e. The van der Waals surface area contributed by atoms with Gasteiger partial charge in [0.05, 0.1) is 0 Å². The number of hydrogen-bond donors (Lipinski definition) is 2. The maximum atomic E-state index is 4.31. The van der Waals surface area contributed by atoms with Gasteiger partial charge in [-0.05, 0) is 31.6 Å². The first-order valence-electron chi connectivity index (χ1n) is 7.63. The fourth-order valence-corrected chi connectivity index (χ4v) is 2.18. The van der Waals surface area contributed by atoms with Gasteiger partial charge in [0, 0.05) is 24.8 Å². The van der Waals surface area contributed by atoms with Crippen molar-refractivity contribution in [2.45, 2.75) is 19.8 Å². The van der Waals surface area contributed by atoms with Gasteiger partial charge in [-0.1, -0.05) is 32.0 Å². The van der Waals surface area contributed by atoms with Crippen molar-refractivity contribution in [2.24, 2.45) is 0 Å². The Morgan fingerprint density at radius 3 is 2.55 bits per heavy atom. The molecule has 5 nitrogen and oxygen atoms in total. The number of para-hydroxylation sites is 1. The van der Waals surface area contributed by atoms with E-state index < -0.39 is 0 Å². The minimum Gasteiger partial charge on any atom is -0.369 e. The number of anilines is 3. The SMILES string of the molecule is CC(C)c1ccccc1Nc1cc(NCCN(C)C)ncn1. The van der Waals surface area contributed by atoms with Gasteiger partial charge in [-0.25, -0.2) is 9.97 Å². The van der Waals surface area contributed by atoms with Crippen molar-refractivity contribution < 1.29 is 0 Å². The van der Waals surface area contributed by atoms with Crippen LogP contribution >= 0.6 is 0 Å². The Kier molecular flexibility index (Phi) is 5.72. The summed E-state index contributed by atoms with van der Waals surface area (Å²) in [6, 6.07) is 10.3. The summed E-state index contributed by atoms with van der Waals surface area (Å²) in [4.78, 5) is 10.7. The minimum absolute atomic E-state index is 0.461. The molecule has 5 heteroatoms. The van der Waals surface area contributed by atoms with Gasteiger partial charge in [0.25, 0.3) is 0 Å². The van der Waals surface area contributed by atoms with E-state index >= 15 is 0 Å². The Morgan fingerprint density at radius 1 is 1.09 bits per heavy atom. The zero-order chi connectivity index (χ0) is 15.9. The normalized spacial score (nSPS) is 11.0. The van der Waals surface area contributed by atoms with Crippen LogP contribution in [0.3, 0.4) is 0 Å². The monoisotopic (exact) mass is 299 g/mol. The summed E-state index contributed by atoms with van der Waals surface area (Å²) in [5, 5.41) is 6.70. The van der Waals surface area contributed by atoms with Gasteiger partial charge >= 0.3 is 0 Å². The van der Waals surface area contributed by atoms with Crippen LogP contribution < -0.4 is 10.6 Å². The van der Waals surface area contributed by atoms with E-state index in [4.69, 9.17) is 0 Å². The third-order valence-corrected chi connectivity index (χ3v) is 3.38. The highest BCUT2D eigenvalue weighted by Crippen LogP contribution is 2.26. The lowest BCUT2D eigenvalue weighted by Crippen LogP contribution is -2.21. The molecule has 0 amide bonds. The highest BCUT2D eigenvalue weighted by Gasteiger charge is 2.07. The third kappa shape index (κ3) is 4.70. The lowest BCUT2D eigenvalue weighted by molar-refractivity contribution is 0.425. The van der Waals surface area contributed by atoms with Crippen LogP contribution in [0.15, 0.2) is 36.7 Å². The Morgan fingerprint density at radius 2 is 1.82 bits per heavy atom. The number of likely N-dealkylation sites (N-methyl/N-ethyl adjacent to an activating group) is 1. The Balaban J connectivity index is 2.07. The molecule has 0 saturated carbocycles. The van der Waals surface area contributed by atoms with E-state index in [1.165, 1.54) is 5.56 Å². The van der Waals surface area contributed by atoms with E-state index in [0.717, 1.165) is 30.4 Å². The second-order valence-electron chi connectivity index (χ2n) is 5.89. The van der Waals surface area contributed by atoms with Crippen molar-refractivity contribution in [3.63, 3.8) is 0 Å². The average Bonchev–Trinajstić information content (AvgIpc) is 2.47. The van der Waals surface area contributed by atoms with Gasteiger partial charge in [0.2, 0.25) is 0 Å². The standard InChI is InChI=1S/C17H25N5/c1-13(2)14-7-5-6-8-15(14)21-17-11-16(19-12-20-17)18-9-10-22(3)4/h5-8,11-13H,9-10H2,1-4H3,(H2,18,19,20,21). The molecule has 0 bridgehead atoms. The van der Waals surface area contributed by atoms with Crippen molar-refractivity contribution >= 4 is 17.3 Å². The first-order chi connectivity index (χ1) is 10.6. The van der Waals surface area contributed by atoms with Gasteiger partial charge in [-0.2, -0.15) is 0 Å². The van der Waals surface area contributed by atoms with Crippen molar-refractivity contribution in [1.82, 2.24) is 14.9 Å². The van der Waals surface area contributed by atoms with E-state index in [2.05, 4.69) is 71.6 Å². The van der Waals surface area contributed by atoms with E-state index in [1.54, 1.807) is 6.33 Å². The number of aromatic nitrogens is 2. The molecule has 0 spiro atoms. The van der Waals surface area contributed by atoms with Crippen LogP contribution in [-0.2, 0) is 0 Å². The molecule has 0 aliphatic carbocycles. The van der Waals surface area contributed by atoms with E-state index in [-0.39, 0.29) is 0 Å². The molecule has 0 atom stereocenters. The number of rotatable bonds is 7. The summed E-state index contributed by atoms with van der Waals surface area (Å²) in [7, 11) is 4.11. The molecular weight excluding hydrogens is 274 g/mol. The van der Waals surface area contributed by atoms with Crippen molar-refractivity contribution in [3.05, 3.63) is 42.2 Å². The molecule has 2 rings (SSSR count). The summed E-state index contributed by atoms with van der Waals surface area (Å²) in [5.74, 6) is 2.10. The van der Waals surface area contributed by atoms with Gasteiger partial charge in [0.1, 0.15) is 18.0 Å². The lowest BCUT2D eigenvalue weighted by atomic mass is 10.0. The number of nitrogens with one attached hydrogen (secondary N) is 2. The summed E-state index contributed by atoms with van der Waals surface area (Å²) >= 11 is 0. The van der Waals surface area contributed by atoms with Gasteiger partial charge in [0.15, 0.2) is 0 Å². The van der Waals surface area contributed by atoms with Crippen molar-refractivity contribution in [3.8, 4) is 0 Å². The molecule has 1 aromatic carbocycles. The van der Waals surface area contributed by atoms with Crippen LogP contribution in [-0.4, -0.2) is 42.1 Å². The second-order valence-corrected chi connectivity index (χ2v) is 5.89. The maximum absolute atomic E-state index is 4.31. The van der Waals surface area contributed by atoms with Crippen LogP contribution in [0.1, 0.15) is 25.3 Å². The van der Waals surface area contributed by atoms with E-state index in [9.17, 15) is 0 Å². The molecule has 0 fully saturated rings. The molecule has 1 aromatic heterocycles. The van der Waals surface area contributed by atoms with Crippen LogP contribution in [0, 0.1) is 0 Å². The fourth-order valence-electron chi connectivity index (χ4n) is 2.18. The predicted octanol–water partition coefficient (Wildman–Crippen LogP) is 3.32. The Labute approximate surface area is 132 Å². The number of hydrogen-bond acceptors (Lipinski definition) is 5. The molecule has 0 aliphatic rings. The zero-order valence-corrected chi connectivity index (χ0v) is 13.8. The van der Waals surface area contributed by atoms with Gasteiger partial charge in [-0.15, -0.1) is 0 Å². The van der Waals surface area contributed by atoms with Crippen LogP contribution in [0.5, 0.6) is 0 Å². The Hall–Kier alpha value is -2.14. The molecular formula is C17H25N5. The maximum Gasteiger partial charge on any atom is 0.135 e. The van der Waals surface area contributed by atoms with Crippen LogP contribution in [0.4, 0.5) is 17.3 Å². The molecule has 0 saturated heterocycles. The van der Waals surface area contributed by atoms with E-state index in [0.29, 0.717) is 5.92 Å². The first kappa shape index (κ1) is 16.2. The summed E-state index contributed by atoms with van der Waals surface area (Å²) in [6.45, 7) is 6.19.